The van der Waals surface area contributed by atoms with Gasteiger partial charge in [0.1, 0.15) is 12.4 Å². The molecule has 1 aliphatic rings. The minimum absolute atomic E-state index is 0.801. The average molecular weight is 248 g/mol. The van der Waals surface area contributed by atoms with Crippen LogP contribution < -0.4 is 10.1 Å². The van der Waals surface area contributed by atoms with E-state index in [2.05, 4.69) is 28.4 Å². The molecule has 0 unspecified atom stereocenters. The van der Waals surface area contributed by atoms with Gasteiger partial charge in [-0.15, -0.1) is 0 Å². The fraction of sp³-hybridized carbons (Fsp3) is 0.600. The largest absolute Gasteiger partial charge is 0.492 e. The Labute approximate surface area is 110 Å². The van der Waals surface area contributed by atoms with Gasteiger partial charge in [0, 0.05) is 6.54 Å². The first-order chi connectivity index (χ1) is 8.88. The van der Waals surface area contributed by atoms with E-state index in [9.17, 15) is 0 Å². The molecule has 0 atom stereocenters. The van der Waals surface area contributed by atoms with E-state index in [4.69, 9.17) is 4.74 Å². The van der Waals surface area contributed by atoms with E-state index in [0.717, 1.165) is 31.9 Å². The Bertz CT molecular complexity index is 348. The molecule has 0 radical (unpaired) electrons. The molecule has 0 spiro atoms. The summed E-state index contributed by atoms with van der Waals surface area (Å²) in [7, 11) is 1.98. The highest BCUT2D eigenvalue weighted by atomic mass is 16.5. The Morgan fingerprint density at radius 1 is 1.28 bits per heavy atom. The number of benzene rings is 1. The molecule has 1 fully saturated rings. The molecule has 0 saturated carbocycles. The van der Waals surface area contributed by atoms with Gasteiger partial charge in [0.2, 0.25) is 0 Å². The van der Waals surface area contributed by atoms with Crippen molar-refractivity contribution < 1.29 is 4.74 Å². The van der Waals surface area contributed by atoms with Crippen molar-refractivity contribution in [3.8, 4) is 5.75 Å². The number of hydrogen-bond donors (Lipinski definition) is 1. The average Bonchev–Trinajstić information content (AvgIpc) is 2.90. The lowest BCUT2D eigenvalue weighted by Gasteiger charge is -2.15. The highest BCUT2D eigenvalue weighted by Gasteiger charge is 2.10. The molecule has 1 N–H and O–H groups in total. The fourth-order valence-corrected chi connectivity index (χ4v) is 2.36. The molecular weight excluding hydrogens is 224 g/mol. The van der Waals surface area contributed by atoms with Crippen LogP contribution in [0.5, 0.6) is 5.75 Å². The van der Waals surface area contributed by atoms with Crippen LogP contribution >= 0.6 is 0 Å². The fourth-order valence-electron chi connectivity index (χ4n) is 2.36. The number of nitrogens with one attached hydrogen (secondary N) is 1. The van der Waals surface area contributed by atoms with E-state index < -0.39 is 0 Å². The summed E-state index contributed by atoms with van der Waals surface area (Å²) in [5.74, 6) is 1.00. The van der Waals surface area contributed by atoms with Gasteiger partial charge < -0.3 is 10.1 Å². The highest BCUT2D eigenvalue weighted by Crippen LogP contribution is 2.14. The van der Waals surface area contributed by atoms with Gasteiger partial charge in [0.25, 0.3) is 0 Å². The summed E-state index contributed by atoms with van der Waals surface area (Å²) in [6.45, 7) is 5.35. The zero-order chi connectivity index (χ0) is 12.6. The van der Waals surface area contributed by atoms with Crippen LogP contribution in [0.2, 0.25) is 0 Å². The Morgan fingerprint density at radius 3 is 2.89 bits per heavy atom. The topological polar surface area (TPSA) is 24.5 Å². The summed E-state index contributed by atoms with van der Waals surface area (Å²) >= 11 is 0. The lowest BCUT2D eigenvalue weighted by Crippen LogP contribution is -2.25. The Morgan fingerprint density at radius 2 is 2.11 bits per heavy atom. The molecule has 1 saturated heterocycles. The quantitative estimate of drug-likeness (QED) is 0.798. The molecular formula is C15H24N2O. The summed E-state index contributed by atoms with van der Waals surface area (Å²) in [6, 6.07) is 8.44. The molecule has 100 valence electrons. The lowest BCUT2D eigenvalue weighted by molar-refractivity contribution is 0.237. The molecule has 0 amide bonds. The third-order valence-electron chi connectivity index (χ3n) is 3.44. The second kappa shape index (κ2) is 7.39. The van der Waals surface area contributed by atoms with Crippen LogP contribution in [0.1, 0.15) is 18.4 Å². The Kier molecular flexibility index (Phi) is 5.49. The van der Waals surface area contributed by atoms with Crippen LogP contribution in [0.25, 0.3) is 0 Å². The second-order valence-corrected chi connectivity index (χ2v) is 4.90. The number of likely N-dealkylation sites (tertiary alicyclic amines) is 1. The van der Waals surface area contributed by atoms with E-state index >= 15 is 0 Å². The van der Waals surface area contributed by atoms with Crippen LogP contribution in [0, 0.1) is 0 Å². The summed E-state index contributed by atoms with van der Waals surface area (Å²) in [5.41, 5.74) is 1.34. The molecule has 18 heavy (non-hydrogen) atoms. The van der Waals surface area contributed by atoms with Gasteiger partial charge in [-0.1, -0.05) is 12.1 Å². The van der Waals surface area contributed by atoms with Gasteiger partial charge >= 0.3 is 0 Å². The molecule has 1 aliphatic heterocycles. The smallest absolute Gasteiger partial charge is 0.119 e. The maximum Gasteiger partial charge on any atom is 0.119 e. The molecule has 3 heteroatoms. The van der Waals surface area contributed by atoms with Crippen molar-refractivity contribution in [1.29, 1.82) is 0 Å². The molecule has 0 aliphatic carbocycles. The van der Waals surface area contributed by atoms with Gasteiger partial charge in [0.15, 0.2) is 0 Å². The van der Waals surface area contributed by atoms with Crippen molar-refractivity contribution in [2.45, 2.75) is 19.3 Å². The van der Waals surface area contributed by atoms with Gasteiger partial charge in [-0.3, -0.25) is 4.90 Å². The molecule has 0 aromatic heterocycles. The van der Waals surface area contributed by atoms with Crippen LogP contribution in [0.4, 0.5) is 0 Å². The molecule has 3 nitrogen and oxygen atoms in total. The van der Waals surface area contributed by atoms with Gasteiger partial charge in [0.05, 0.1) is 0 Å². The monoisotopic (exact) mass is 248 g/mol. The van der Waals surface area contributed by atoms with Gasteiger partial charge in [-0.2, -0.15) is 0 Å². The Hall–Kier alpha value is -1.06. The first-order valence-electron chi connectivity index (χ1n) is 6.97. The van der Waals surface area contributed by atoms with Gasteiger partial charge in [-0.05, 0) is 63.6 Å². The first-order valence-corrected chi connectivity index (χ1v) is 6.97. The zero-order valence-electron chi connectivity index (χ0n) is 11.3. The third kappa shape index (κ3) is 4.31. The second-order valence-electron chi connectivity index (χ2n) is 4.90. The van der Waals surface area contributed by atoms with Crippen LogP contribution in [0.3, 0.4) is 0 Å². The molecule has 2 rings (SSSR count). The maximum absolute atomic E-state index is 5.83. The van der Waals surface area contributed by atoms with Crippen LogP contribution in [-0.4, -0.2) is 44.7 Å². The first kappa shape index (κ1) is 13.4. The lowest BCUT2D eigenvalue weighted by atomic mass is 10.1. The minimum Gasteiger partial charge on any atom is -0.492 e. The summed E-state index contributed by atoms with van der Waals surface area (Å²) in [5, 5.41) is 3.17. The van der Waals surface area contributed by atoms with E-state index in [1.165, 1.54) is 31.5 Å². The predicted octanol–water partition coefficient (Wildman–Crippen LogP) is 1.92. The summed E-state index contributed by atoms with van der Waals surface area (Å²) in [4.78, 5) is 2.48. The van der Waals surface area contributed by atoms with Crippen LogP contribution in [0.15, 0.2) is 24.3 Å². The highest BCUT2D eigenvalue weighted by molar-refractivity contribution is 5.28. The van der Waals surface area contributed by atoms with Gasteiger partial charge in [-0.25, -0.2) is 0 Å². The van der Waals surface area contributed by atoms with Crippen molar-refractivity contribution in [3.05, 3.63) is 29.8 Å². The van der Waals surface area contributed by atoms with Crippen molar-refractivity contribution in [2.24, 2.45) is 0 Å². The molecule has 0 bridgehead atoms. The van der Waals surface area contributed by atoms with E-state index in [-0.39, 0.29) is 0 Å². The van der Waals surface area contributed by atoms with Crippen molar-refractivity contribution in [2.75, 3.05) is 39.8 Å². The van der Waals surface area contributed by atoms with E-state index in [0.29, 0.717) is 0 Å². The number of ether oxygens (including phenoxy) is 1. The SMILES string of the molecule is CNCCc1cccc(OCCN2CCCC2)c1. The molecule has 1 aromatic rings. The van der Waals surface area contributed by atoms with Crippen LogP contribution in [-0.2, 0) is 6.42 Å². The molecule has 1 aromatic carbocycles. The minimum atomic E-state index is 0.801. The predicted molar refractivity (Wildman–Crippen MR) is 75.2 cm³/mol. The zero-order valence-corrected chi connectivity index (χ0v) is 11.3. The Balaban J connectivity index is 1.74. The van der Waals surface area contributed by atoms with Crippen molar-refractivity contribution in [3.63, 3.8) is 0 Å². The third-order valence-corrected chi connectivity index (χ3v) is 3.44. The maximum atomic E-state index is 5.83. The number of likely N-dealkylation sites (N-methyl/N-ethyl adjacent to an activating group) is 1. The van der Waals surface area contributed by atoms with E-state index in [1.807, 2.05) is 13.1 Å². The van der Waals surface area contributed by atoms with E-state index in [1.54, 1.807) is 0 Å². The summed E-state index contributed by atoms with van der Waals surface area (Å²) < 4.78 is 5.83. The van der Waals surface area contributed by atoms with Crippen molar-refractivity contribution in [1.82, 2.24) is 10.2 Å². The number of hydrogen-bond acceptors (Lipinski definition) is 3. The summed E-state index contributed by atoms with van der Waals surface area (Å²) in [6.07, 6.45) is 3.75. The number of nitrogens with zero attached hydrogens (tertiary/aromatic N) is 1. The molecule has 1 heterocycles. The standard InChI is InChI=1S/C15H24N2O/c1-16-8-7-14-5-4-6-15(13-14)18-12-11-17-9-2-3-10-17/h4-6,13,16H,2-3,7-12H2,1H3. The van der Waals surface area contributed by atoms with Crippen molar-refractivity contribution >= 4 is 0 Å². The normalized spacial score (nSPS) is 16.1. The number of rotatable bonds is 7.